The smallest absolute Gasteiger partial charge is 0.263 e. The number of ketones is 1. The van der Waals surface area contributed by atoms with E-state index in [2.05, 4.69) is 84.9 Å². The minimum atomic E-state index is -0.684. The first-order valence-corrected chi connectivity index (χ1v) is 14.3. The Morgan fingerprint density at radius 1 is 0.405 bits per heavy atom. The van der Waals surface area contributed by atoms with Gasteiger partial charge in [0.2, 0.25) is 0 Å². The van der Waals surface area contributed by atoms with E-state index in [1.54, 1.807) is 0 Å². The highest BCUT2D eigenvalue weighted by Crippen LogP contribution is 2.60. The van der Waals surface area contributed by atoms with Crippen molar-refractivity contribution < 1.29 is 4.79 Å². The summed E-state index contributed by atoms with van der Waals surface area (Å²) in [6.45, 7) is 0. The van der Waals surface area contributed by atoms with Gasteiger partial charge in [-0.3, -0.25) is 14.0 Å². The lowest BCUT2D eigenvalue weighted by atomic mass is 9.61. The third-order valence-corrected chi connectivity index (χ3v) is 9.76. The Hall–Kier alpha value is -5.54. The predicted octanol–water partition coefficient (Wildman–Crippen LogP) is 8.10. The number of carbonyl (C=O) groups excluding carboxylic acids is 1. The normalized spacial score (nSPS) is 14.5. The van der Waals surface area contributed by atoms with Gasteiger partial charge >= 0.3 is 0 Å². The number of nitrogens with zero attached hydrogens (tertiary/aromatic N) is 1. The lowest BCUT2D eigenvalue weighted by Gasteiger charge is -2.39. The fraction of sp³-hybridized carbons (Fsp3) is 0.0256. The molecule has 1 spiro atoms. The number of hydrogen-bond acceptors (Lipinski definition) is 2. The maximum atomic E-state index is 14.8. The molecule has 8 aromatic rings. The molecule has 10 rings (SSSR count). The Morgan fingerprint density at radius 2 is 0.905 bits per heavy atom. The van der Waals surface area contributed by atoms with Crippen LogP contribution >= 0.6 is 0 Å². The standard InChI is InChI=1S/C39H21NO2/c41-37-29-14-5-8-19-32(29)39(30-17-6-3-11-23(30)24-12-4-7-18-31(24)39)33-21-20-27-26-16-9-15-25-22-10-1-2-13-28(22)38(42)40(35(25)26)36(27)34(33)37/h1-21H. The molecule has 0 amide bonds. The van der Waals surface area contributed by atoms with E-state index in [1.165, 1.54) is 22.3 Å². The Bertz CT molecular complexity index is 2520. The summed E-state index contributed by atoms with van der Waals surface area (Å²) in [5.74, 6) is -0.0362. The van der Waals surface area contributed by atoms with Gasteiger partial charge in [-0.1, -0.05) is 121 Å². The van der Waals surface area contributed by atoms with Crippen LogP contribution in [-0.2, 0) is 5.41 Å². The number of carbonyl (C=O) groups is 1. The van der Waals surface area contributed by atoms with Crippen molar-refractivity contribution in [1.82, 2.24) is 4.40 Å². The van der Waals surface area contributed by atoms with Gasteiger partial charge in [-0.05, 0) is 44.8 Å². The molecule has 2 aromatic heterocycles. The van der Waals surface area contributed by atoms with Crippen LogP contribution in [0.25, 0.3) is 49.1 Å². The van der Waals surface area contributed by atoms with Crippen LogP contribution in [0.3, 0.4) is 0 Å². The second kappa shape index (κ2) is 7.39. The molecule has 3 heteroatoms. The summed E-state index contributed by atoms with van der Waals surface area (Å²) in [6, 6.07) is 43.4. The summed E-state index contributed by atoms with van der Waals surface area (Å²) in [4.78, 5) is 29.1. The SMILES string of the molecule is O=C1c2ccccc2C2(c3ccccc3-c3ccccc32)c2ccc3c4cccc5c6ccccc6c(=O)n(c3c21)c54. The van der Waals surface area contributed by atoms with Crippen LogP contribution in [-0.4, -0.2) is 10.2 Å². The molecule has 0 unspecified atom stereocenters. The number of benzene rings is 6. The maximum absolute atomic E-state index is 14.8. The number of hydrogen-bond donors (Lipinski definition) is 0. The fourth-order valence-electron chi connectivity index (χ4n) is 8.25. The van der Waals surface area contributed by atoms with E-state index >= 15 is 0 Å². The van der Waals surface area contributed by atoms with Gasteiger partial charge in [-0.15, -0.1) is 0 Å². The van der Waals surface area contributed by atoms with Crippen LogP contribution in [0, 0.1) is 0 Å². The second-order valence-corrected chi connectivity index (χ2v) is 11.5. The molecule has 0 fully saturated rings. The zero-order valence-electron chi connectivity index (χ0n) is 22.4. The zero-order chi connectivity index (χ0) is 27.7. The molecule has 0 saturated heterocycles. The number of aromatic nitrogens is 1. The third kappa shape index (κ3) is 2.30. The second-order valence-electron chi connectivity index (χ2n) is 11.5. The highest BCUT2D eigenvalue weighted by atomic mass is 16.1. The molecule has 2 aliphatic carbocycles. The molecule has 0 radical (unpaired) electrons. The Labute approximate surface area is 240 Å². The average molecular weight is 536 g/mol. The Morgan fingerprint density at radius 3 is 1.60 bits per heavy atom. The zero-order valence-corrected chi connectivity index (χ0v) is 22.4. The third-order valence-electron chi connectivity index (χ3n) is 9.76. The van der Waals surface area contributed by atoms with E-state index in [1.807, 2.05) is 46.9 Å². The monoisotopic (exact) mass is 535 g/mol. The van der Waals surface area contributed by atoms with Crippen molar-refractivity contribution in [2.24, 2.45) is 0 Å². The summed E-state index contributed by atoms with van der Waals surface area (Å²) in [6.07, 6.45) is 0. The Kier molecular flexibility index (Phi) is 3.91. The summed E-state index contributed by atoms with van der Waals surface area (Å²) in [5.41, 5.74) is 8.72. The minimum Gasteiger partial charge on any atom is -0.289 e. The molecule has 2 aliphatic rings. The number of pyridine rings is 1. The first kappa shape index (κ1) is 22.2. The molecule has 0 bridgehead atoms. The molecule has 0 N–H and O–H groups in total. The van der Waals surface area contributed by atoms with E-state index in [0.717, 1.165) is 38.2 Å². The van der Waals surface area contributed by atoms with E-state index in [4.69, 9.17) is 0 Å². The van der Waals surface area contributed by atoms with E-state index in [-0.39, 0.29) is 11.3 Å². The summed E-state index contributed by atoms with van der Waals surface area (Å²) in [7, 11) is 0. The first-order chi connectivity index (χ1) is 20.7. The van der Waals surface area contributed by atoms with Crippen molar-refractivity contribution >= 4 is 43.7 Å². The van der Waals surface area contributed by atoms with Gasteiger partial charge in [-0.2, -0.15) is 0 Å². The van der Waals surface area contributed by atoms with Gasteiger partial charge in [0, 0.05) is 27.1 Å². The molecular weight excluding hydrogens is 514 g/mol. The largest absolute Gasteiger partial charge is 0.289 e. The molecule has 0 atom stereocenters. The van der Waals surface area contributed by atoms with E-state index in [0.29, 0.717) is 22.0 Å². The predicted molar refractivity (Wildman–Crippen MR) is 168 cm³/mol. The van der Waals surface area contributed by atoms with Crippen molar-refractivity contribution in [3.8, 4) is 11.1 Å². The topological polar surface area (TPSA) is 38.5 Å². The number of fused-ring (bicyclic) bond motifs is 15. The van der Waals surface area contributed by atoms with Crippen LogP contribution in [0.5, 0.6) is 0 Å². The number of rotatable bonds is 0. The quantitative estimate of drug-likeness (QED) is 0.184. The molecule has 0 aliphatic heterocycles. The van der Waals surface area contributed by atoms with Crippen molar-refractivity contribution in [1.29, 1.82) is 0 Å². The fourth-order valence-corrected chi connectivity index (χ4v) is 8.25. The maximum Gasteiger partial charge on any atom is 0.263 e. The Balaban J connectivity index is 1.50. The number of para-hydroxylation sites is 1. The van der Waals surface area contributed by atoms with Crippen LogP contribution in [0.4, 0.5) is 0 Å². The van der Waals surface area contributed by atoms with Crippen molar-refractivity contribution in [2.45, 2.75) is 5.41 Å². The van der Waals surface area contributed by atoms with Crippen molar-refractivity contribution in [3.05, 3.63) is 171 Å². The minimum absolute atomic E-state index is 0.0362. The van der Waals surface area contributed by atoms with E-state index in [9.17, 15) is 9.59 Å². The van der Waals surface area contributed by atoms with Crippen LogP contribution in [0.2, 0.25) is 0 Å². The molecule has 42 heavy (non-hydrogen) atoms. The molecule has 0 saturated carbocycles. The van der Waals surface area contributed by atoms with Crippen molar-refractivity contribution in [3.63, 3.8) is 0 Å². The van der Waals surface area contributed by atoms with Gasteiger partial charge in [0.05, 0.1) is 22.0 Å². The molecule has 2 heterocycles. The highest BCUT2D eigenvalue weighted by molar-refractivity contribution is 6.27. The average Bonchev–Trinajstić information content (AvgIpc) is 3.54. The van der Waals surface area contributed by atoms with E-state index < -0.39 is 5.41 Å². The van der Waals surface area contributed by atoms with Gasteiger partial charge in [0.1, 0.15) is 0 Å². The molecular formula is C39H21NO2. The lowest BCUT2D eigenvalue weighted by Crippen LogP contribution is -2.36. The molecule has 6 aromatic carbocycles. The van der Waals surface area contributed by atoms with Gasteiger partial charge in [0.25, 0.3) is 5.56 Å². The summed E-state index contributed by atoms with van der Waals surface area (Å²) >= 11 is 0. The lowest BCUT2D eigenvalue weighted by molar-refractivity contribution is 0.103. The molecule has 194 valence electrons. The van der Waals surface area contributed by atoms with Crippen LogP contribution in [0.15, 0.2) is 132 Å². The highest BCUT2D eigenvalue weighted by Gasteiger charge is 2.52. The summed E-state index contributed by atoms with van der Waals surface area (Å²) < 4.78 is 1.83. The van der Waals surface area contributed by atoms with Crippen LogP contribution in [0.1, 0.15) is 38.2 Å². The molecule has 3 nitrogen and oxygen atoms in total. The van der Waals surface area contributed by atoms with Gasteiger partial charge < -0.3 is 0 Å². The van der Waals surface area contributed by atoms with Crippen LogP contribution < -0.4 is 5.56 Å². The van der Waals surface area contributed by atoms with Gasteiger partial charge in [0.15, 0.2) is 5.78 Å². The summed E-state index contributed by atoms with van der Waals surface area (Å²) in [5, 5.41) is 4.52. The van der Waals surface area contributed by atoms with Crippen molar-refractivity contribution in [2.75, 3.05) is 0 Å². The first-order valence-electron chi connectivity index (χ1n) is 14.3. The van der Waals surface area contributed by atoms with Gasteiger partial charge in [-0.25, -0.2) is 0 Å².